The summed E-state index contributed by atoms with van der Waals surface area (Å²) in [6.07, 6.45) is 0. The summed E-state index contributed by atoms with van der Waals surface area (Å²) in [6.45, 7) is 1.05. The Morgan fingerprint density at radius 1 is 1.44 bits per heavy atom. The summed E-state index contributed by atoms with van der Waals surface area (Å²) < 4.78 is 10.8. The average Bonchev–Trinajstić information content (AvgIpc) is 2.38. The van der Waals surface area contributed by atoms with Crippen molar-refractivity contribution >= 4 is 21.8 Å². The minimum absolute atomic E-state index is 0.0145. The fourth-order valence-electron chi connectivity index (χ4n) is 1.31. The number of ether oxygens (including phenoxy) is 2. The van der Waals surface area contributed by atoms with Crippen LogP contribution in [0.4, 0.5) is 0 Å². The topological polar surface area (TPSA) is 67.8 Å². The highest BCUT2D eigenvalue weighted by Gasteiger charge is 2.08. The molecule has 0 bridgehead atoms. The van der Waals surface area contributed by atoms with Crippen molar-refractivity contribution in [3.05, 3.63) is 28.2 Å². The smallest absolute Gasteiger partial charge is 0.251 e. The number of methoxy groups -OCH3 is 1. The van der Waals surface area contributed by atoms with Crippen LogP contribution in [0, 0.1) is 0 Å². The van der Waals surface area contributed by atoms with E-state index in [0.717, 1.165) is 4.47 Å². The van der Waals surface area contributed by atoms with Crippen molar-refractivity contribution in [1.29, 1.82) is 0 Å². The molecule has 0 aliphatic heterocycles. The molecular weight excluding hydrogens is 302 g/mol. The summed E-state index contributed by atoms with van der Waals surface area (Å²) in [5.41, 5.74) is 0.546. The van der Waals surface area contributed by atoms with Crippen LogP contribution in [0.15, 0.2) is 22.7 Å². The first-order valence-electron chi connectivity index (χ1n) is 5.49. The molecule has 6 heteroatoms. The van der Waals surface area contributed by atoms with E-state index >= 15 is 0 Å². The number of carbonyl (C=O) groups is 1. The molecule has 2 N–H and O–H groups in total. The van der Waals surface area contributed by atoms with E-state index in [1.165, 1.54) is 0 Å². The minimum Gasteiger partial charge on any atom is -0.496 e. The van der Waals surface area contributed by atoms with Crippen molar-refractivity contribution in [2.45, 2.75) is 0 Å². The number of hydrogen-bond donors (Lipinski definition) is 2. The monoisotopic (exact) mass is 317 g/mol. The molecule has 0 radical (unpaired) electrons. The molecule has 100 valence electrons. The summed E-state index contributed by atoms with van der Waals surface area (Å²) in [4.78, 5) is 11.8. The van der Waals surface area contributed by atoms with E-state index in [2.05, 4.69) is 21.2 Å². The van der Waals surface area contributed by atoms with Gasteiger partial charge in [-0.15, -0.1) is 0 Å². The van der Waals surface area contributed by atoms with E-state index in [1.54, 1.807) is 25.3 Å². The van der Waals surface area contributed by atoms with Gasteiger partial charge in [0, 0.05) is 12.1 Å². The van der Waals surface area contributed by atoms with E-state index in [1.807, 2.05) is 0 Å². The molecule has 0 atom stereocenters. The minimum atomic E-state index is -0.175. The van der Waals surface area contributed by atoms with Gasteiger partial charge in [0.15, 0.2) is 0 Å². The zero-order valence-electron chi connectivity index (χ0n) is 10.1. The fourth-order valence-corrected chi connectivity index (χ4v) is 1.85. The van der Waals surface area contributed by atoms with Crippen molar-refractivity contribution < 1.29 is 19.4 Å². The number of halogens is 1. The largest absolute Gasteiger partial charge is 0.496 e. The Bertz CT molecular complexity index is 398. The molecule has 0 aliphatic rings. The standard InChI is InChI=1S/C12H16BrNO4/c1-17-11-3-2-9(8-10(11)13)12(16)14-4-6-18-7-5-15/h2-3,8,15H,4-7H2,1H3,(H,14,16). The molecule has 1 rings (SSSR count). The number of hydrogen-bond acceptors (Lipinski definition) is 4. The summed E-state index contributed by atoms with van der Waals surface area (Å²) in [5, 5.41) is 11.2. The van der Waals surface area contributed by atoms with Gasteiger partial charge in [0.05, 0.1) is 31.4 Å². The van der Waals surface area contributed by atoms with Gasteiger partial charge in [-0.2, -0.15) is 0 Å². The average molecular weight is 318 g/mol. The number of aliphatic hydroxyl groups excluding tert-OH is 1. The fraction of sp³-hybridized carbons (Fsp3) is 0.417. The maximum Gasteiger partial charge on any atom is 0.251 e. The highest BCUT2D eigenvalue weighted by Crippen LogP contribution is 2.25. The molecule has 0 heterocycles. The lowest BCUT2D eigenvalue weighted by Gasteiger charge is -2.08. The molecule has 0 spiro atoms. The maximum atomic E-state index is 11.8. The molecule has 5 nitrogen and oxygen atoms in total. The molecule has 18 heavy (non-hydrogen) atoms. The predicted octanol–water partition coefficient (Wildman–Crippen LogP) is 1.20. The Labute approximate surface area is 114 Å². The van der Waals surface area contributed by atoms with Crippen LogP contribution in [0.2, 0.25) is 0 Å². The zero-order valence-corrected chi connectivity index (χ0v) is 11.7. The number of benzene rings is 1. The van der Waals surface area contributed by atoms with Gasteiger partial charge in [0.2, 0.25) is 0 Å². The van der Waals surface area contributed by atoms with Gasteiger partial charge in [-0.25, -0.2) is 0 Å². The number of nitrogens with one attached hydrogen (secondary N) is 1. The molecule has 0 aliphatic carbocycles. The predicted molar refractivity (Wildman–Crippen MR) is 70.9 cm³/mol. The maximum absolute atomic E-state index is 11.8. The third kappa shape index (κ3) is 4.64. The van der Waals surface area contributed by atoms with Gasteiger partial charge in [-0.1, -0.05) is 0 Å². The van der Waals surface area contributed by atoms with Crippen LogP contribution in [0.1, 0.15) is 10.4 Å². The summed E-state index contributed by atoms with van der Waals surface area (Å²) >= 11 is 3.32. The summed E-state index contributed by atoms with van der Waals surface area (Å²) in [7, 11) is 1.57. The van der Waals surface area contributed by atoms with Gasteiger partial charge in [-0.05, 0) is 34.1 Å². The second-order valence-electron chi connectivity index (χ2n) is 3.44. The lowest BCUT2D eigenvalue weighted by molar-refractivity contribution is 0.0838. The highest BCUT2D eigenvalue weighted by atomic mass is 79.9. The zero-order chi connectivity index (χ0) is 13.4. The van der Waals surface area contributed by atoms with Gasteiger partial charge in [0.25, 0.3) is 5.91 Å². The van der Waals surface area contributed by atoms with Gasteiger partial charge < -0.3 is 19.9 Å². The van der Waals surface area contributed by atoms with E-state index in [9.17, 15) is 4.79 Å². The molecule has 0 saturated carbocycles. The van der Waals surface area contributed by atoms with Crippen LogP contribution in [0.5, 0.6) is 5.75 Å². The molecule has 1 aromatic carbocycles. The third-order valence-corrected chi connectivity index (χ3v) is 2.80. The second-order valence-corrected chi connectivity index (χ2v) is 4.30. The van der Waals surface area contributed by atoms with Crippen LogP contribution < -0.4 is 10.1 Å². The normalized spacial score (nSPS) is 10.2. The van der Waals surface area contributed by atoms with E-state index < -0.39 is 0 Å². The van der Waals surface area contributed by atoms with Crippen LogP contribution >= 0.6 is 15.9 Å². The summed E-state index contributed by atoms with van der Waals surface area (Å²) in [5.74, 6) is 0.504. The third-order valence-electron chi connectivity index (χ3n) is 2.18. The van der Waals surface area contributed by atoms with Crippen LogP contribution in [-0.4, -0.2) is 44.5 Å². The Morgan fingerprint density at radius 3 is 2.83 bits per heavy atom. The Kier molecular flexibility index (Phi) is 6.70. The first-order valence-corrected chi connectivity index (χ1v) is 6.28. The number of aliphatic hydroxyl groups is 1. The highest BCUT2D eigenvalue weighted by molar-refractivity contribution is 9.10. The molecule has 1 amide bonds. The first kappa shape index (κ1) is 14.9. The first-order chi connectivity index (χ1) is 8.69. The Morgan fingerprint density at radius 2 is 2.22 bits per heavy atom. The second kappa shape index (κ2) is 8.07. The van der Waals surface area contributed by atoms with Gasteiger partial charge >= 0.3 is 0 Å². The molecule has 1 aromatic rings. The SMILES string of the molecule is COc1ccc(C(=O)NCCOCCO)cc1Br. The van der Waals surface area contributed by atoms with Crippen LogP contribution in [0.25, 0.3) is 0 Å². The lowest BCUT2D eigenvalue weighted by Crippen LogP contribution is -2.27. The summed E-state index contributed by atoms with van der Waals surface area (Å²) in [6, 6.07) is 5.11. The molecule has 0 fully saturated rings. The Balaban J connectivity index is 2.44. The van der Waals surface area contributed by atoms with Crippen molar-refractivity contribution in [3.63, 3.8) is 0 Å². The van der Waals surface area contributed by atoms with Gasteiger partial charge in [-0.3, -0.25) is 4.79 Å². The van der Waals surface area contributed by atoms with Gasteiger partial charge in [0.1, 0.15) is 5.75 Å². The van der Waals surface area contributed by atoms with Crippen molar-refractivity contribution in [2.75, 3.05) is 33.5 Å². The molecule has 0 unspecified atom stereocenters. The van der Waals surface area contributed by atoms with E-state index in [-0.39, 0.29) is 19.1 Å². The Hall–Kier alpha value is -1.11. The molecular formula is C12H16BrNO4. The van der Waals surface area contributed by atoms with Crippen molar-refractivity contribution in [3.8, 4) is 5.75 Å². The lowest BCUT2D eigenvalue weighted by atomic mass is 10.2. The van der Waals surface area contributed by atoms with E-state index in [0.29, 0.717) is 24.5 Å². The van der Waals surface area contributed by atoms with E-state index in [4.69, 9.17) is 14.6 Å². The van der Waals surface area contributed by atoms with Crippen LogP contribution in [0.3, 0.4) is 0 Å². The number of carbonyl (C=O) groups excluding carboxylic acids is 1. The molecule has 0 aromatic heterocycles. The number of amides is 1. The van der Waals surface area contributed by atoms with Crippen molar-refractivity contribution in [1.82, 2.24) is 5.32 Å². The molecule has 0 saturated heterocycles. The van der Waals surface area contributed by atoms with Crippen molar-refractivity contribution in [2.24, 2.45) is 0 Å². The quantitative estimate of drug-likeness (QED) is 0.741. The number of rotatable bonds is 7. The van der Waals surface area contributed by atoms with Crippen LogP contribution in [-0.2, 0) is 4.74 Å².